The maximum absolute atomic E-state index is 13.0. The third kappa shape index (κ3) is 5.25. The Bertz CT molecular complexity index is 1660. The topological polar surface area (TPSA) is 131 Å². The number of nitrogens with zero attached hydrogens (tertiary/aromatic N) is 7. The summed E-state index contributed by atoms with van der Waals surface area (Å²) >= 11 is 0. The zero-order valence-electron chi connectivity index (χ0n) is 23.0. The van der Waals surface area contributed by atoms with E-state index in [1.165, 1.54) is 0 Å². The lowest BCUT2D eigenvalue weighted by Crippen LogP contribution is -2.33. The molecule has 0 radical (unpaired) electrons. The Labute approximate surface area is 231 Å². The van der Waals surface area contributed by atoms with E-state index in [2.05, 4.69) is 35.7 Å². The van der Waals surface area contributed by atoms with Crippen LogP contribution in [0.3, 0.4) is 0 Å². The number of rotatable bonds is 8. The van der Waals surface area contributed by atoms with Gasteiger partial charge in [-0.2, -0.15) is 5.10 Å². The number of fused-ring (bicyclic) bond motifs is 1. The predicted octanol–water partition coefficient (Wildman–Crippen LogP) is 3.54. The van der Waals surface area contributed by atoms with Crippen molar-refractivity contribution < 1.29 is 9.53 Å². The summed E-state index contributed by atoms with van der Waals surface area (Å²) in [6.07, 6.45) is 6.45. The molecule has 0 aliphatic carbocycles. The van der Waals surface area contributed by atoms with Crippen molar-refractivity contribution in [3.63, 3.8) is 0 Å². The summed E-state index contributed by atoms with van der Waals surface area (Å²) in [6.45, 7) is 5.74. The van der Waals surface area contributed by atoms with E-state index in [0.717, 1.165) is 52.1 Å². The molecule has 0 unspecified atom stereocenters. The highest BCUT2D eigenvalue weighted by Crippen LogP contribution is 2.33. The van der Waals surface area contributed by atoms with E-state index in [1.807, 2.05) is 70.7 Å². The number of nitrogens with one attached hydrogen (secondary N) is 3. The summed E-state index contributed by atoms with van der Waals surface area (Å²) in [7, 11) is 3.75. The van der Waals surface area contributed by atoms with Crippen LogP contribution < -0.4 is 15.4 Å². The molecule has 12 heteroatoms. The van der Waals surface area contributed by atoms with Crippen LogP contribution in [0.5, 0.6) is 5.88 Å². The molecule has 0 bridgehead atoms. The lowest BCUT2D eigenvalue weighted by molar-refractivity contribution is -0.117. The first kappa shape index (κ1) is 25.6. The number of carbonyl (C=O) groups excluding carboxylic acids is 1. The normalized spacial score (nSPS) is 15.6. The number of H-pyrrole nitrogens is 1. The van der Waals surface area contributed by atoms with Crippen LogP contribution in [0.1, 0.15) is 17.7 Å². The molecule has 1 saturated heterocycles. The van der Waals surface area contributed by atoms with Gasteiger partial charge in [0.15, 0.2) is 5.82 Å². The minimum Gasteiger partial charge on any atom is -0.472 e. The van der Waals surface area contributed by atoms with Crippen molar-refractivity contribution in [2.75, 3.05) is 30.3 Å². The van der Waals surface area contributed by atoms with Gasteiger partial charge in [0.1, 0.15) is 6.10 Å². The van der Waals surface area contributed by atoms with Gasteiger partial charge in [-0.25, -0.2) is 9.97 Å². The first-order valence-corrected chi connectivity index (χ1v) is 13.2. The number of anilines is 3. The fraction of sp³-hybridized carbons (Fsp3) is 0.321. The molecule has 3 N–H and O–H groups in total. The summed E-state index contributed by atoms with van der Waals surface area (Å²) in [5.74, 6) is 1.69. The summed E-state index contributed by atoms with van der Waals surface area (Å²) < 4.78 is 9.47. The molecule has 5 aromatic rings. The van der Waals surface area contributed by atoms with E-state index in [1.54, 1.807) is 15.6 Å². The number of benzene rings is 1. The number of carbonyl (C=O) groups is 1. The first-order chi connectivity index (χ1) is 19.3. The summed E-state index contributed by atoms with van der Waals surface area (Å²) in [4.78, 5) is 27.7. The van der Waals surface area contributed by atoms with Gasteiger partial charge < -0.3 is 20.4 Å². The minimum atomic E-state index is -0.0718. The number of para-hydroxylation sites is 1. The van der Waals surface area contributed by atoms with Crippen molar-refractivity contribution in [3.05, 3.63) is 60.2 Å². The fourth-order valence-corrected chi connectivity index (χ4v) is 5.02. The van der Waals surface area contributed by atoms with Gasteiger partial charge >= 0.3 is 0 Å². The lowest BCUT2D eigenvalue weighted by atomic mass is 10.1. The molecule has 1 atom stereocenters. The van der Waals surface area contributed by atoms with Crippen LogP contribution in [-0.2, 0) is 18.9 Å². The Hall–Kier alpha value is -4.71. The molecule has 0 saturated carbocycles. The number of amides is 1. The third-order valence-electron chi connectivity index (χ3n) is 7.14. The maximum atomic E-state index is 13.0. The lowest BCUT2D eigenvalue weighted by Gasteiger charge is -2.16. The van der Waals surface area contributed by atoms with E-state index in [9.17, 15) is 4.79 Å². The minimum absolute atomic E-state index is 0.0225. The highest BCUT2D eigenvalue weighted by atomic mass is 16.5. The molecular weight excluding hydrogens is 508 g/mol. The maximum Gasteiger partial charge on any atom is 0.238 e. The monoisotopic (exact) mass is 540 g/mol. The van der Waals surface area contributed by atoms with Gasteiger partial charge in [0.25, 0.3) is 0 Å². The van der Waals surface area contributed by atoms with Crippen LogP contribution in [0.4, 0.5) is 17.5 Å². The van der Waals surface area contributed by atoms with Gasteiger partial charge in [0, 0.05) is 74.6 Å². The molecule has 206 valence electrons. The quantitative estimate of drug-likeness (QED) is 0.272. The Balaban J connectivity index is 1.15. The average Bonchev–Trinajstić information content (AvgIpc) is 3.70. The highest BCUT2D eigenvalue weighted by molar-refractivity contribution is 6.06. The van der Waals surface area contributed by atoms with E-state index in [-0.39, 0.29) is 12.0 Å². The van der Waals surface area contributed by atoms with Crippen LogP contribution in [0, 0.1) is 13.8 Å². The van der Waals surface area contributed by atoms with Gasteiger partial charge in [-0.1, -0.05) is 12.1 Å². The Morgan fingerprint density at radius 1 is 1.20 bits per heavy atom. The van der Waals surface area contributed by atoms with Gasteiger partial charge in [-0.05, 0) is 31.9 Å². The molecule has 40 heavy (non-hydrogen) atoms. The van der Waals surface area contributed by atoms with Gasteiger partial charge in [-0.15, -0.1) is 5.10 Å². The van der Waals surface area contributed by atoms with E-state index < -0.39 is 0 Å². The van der Waals surface area contributed by atoms with Crippen molar-refractivity contribution in [1.82, 2.24) is 39.4 Å². The Kier molecular flexibility index (Phi) is 6.68. The van der Waals surface area contributed by atoms with Crippen LogP contribution >= 0.6 is 0 Å². The van der Waals surface area contributed by atoms with E-state index in [4.69, 9.17) is 9.72 Å². The SMILES string of the molecule is Cc1cnc(Nc2cc(C)n(C)n2)nc1-c1c[nH]c2c(NC(=O)CN3CC[C@H](Oc4ccn(C)n4)C3)cccc12. The van der Waals surface area contributed by atoms with Crippen LogP contribution in [0.15, 0.2) is 48.9 Å². The second-order valence-electron chi connectivity index (χ2n) is 10.2. The van der Waals surface area contributed by atoms with Crippen LogP contribution in [-0.4, -0.2) is 71.1 Å². The number of aromatic nitrogens is 7. The second kappa shape index (κ2) is 10.5. The van der Waals surface area contributed by atoms with Crippen molar-refractivity contribution in [2.45, 2.75) is 26.4 Å². The summed E-state index contributed by atoms with van der Waals surface area (Å²) in [5.41, 5.74) is 5.27. The zero-order valence-corrected chi connectivity index (χ0v) is 23.0. The van der Waals surface area contributed by atoms with Gasteiger partial charge in [-0.3, -0.25) is 19.1 Å². The van der Waals surface area contributed by atoms with Crippen molar-refractivity contribution in [2.24, 2.45) is 14.1 Å². The average molecular weight is 541 g/mol. The molecule has 6 rings (SSSR count). The molecule has 1 amide bonds. The molecule has 0 spiro atoms. The number of hydrogen-bond donors (Lipinski definition) is 3. The molecule has 1 aromatic carbocycles. The molecule has 5 heterocycles. The zero-order chi connectivity index (χ0) is 27.8. The number of aromatic amines is 1. The number of likely N-dealkylation sites (tertiary alicyclic amines) is 1. The van der Waals surface area contributed by atoms with Gasteiger partial charge in [0.05, 0.1) is 23.4 Å². The molecule has 1 aliphatic rings. The fourth-order valence-electron chi connectivity index (χ4n) is 5.02. The standard InChI is InChI=1S/C28H32N10O2/c1-17-13-30-28(32-23-12-18(2)37(4)34-23)33-26(17)21-14-29-27-20(21)6-5-7-22(27)31-24(39)16-38-11-8-19(15-38)40-25-9-10-36(3)35-25/h5-7,9-10,12-14,19,29H,8,11,15-16H2,1-4H3,(H,31,39)(H,30,32,33,34)/t19-/m0/s1. The largest absolute Gasteiger partial charge is 0.472 e. The molecule has 12 nitrogen and oxygen atoms in total. The molecule has 1 fully saturated rings. The number of aryl methyl sites for hydroxylation is 4. The molecular formula is C28H32N10O2. The van der Waals surface area contributed by atoms with Crippen LogP contribution in [0.2, 0.25) is 0 Å². The van der Waals surface area contributed by atoms with Crippen molar-refractivity contribution >= 4 is 34.3 Å². The van der Waals surface area contributed by atoms with Crippen molar-refractivity contribution in [1.29, 1.82) is 0 Å². The smallest absolute Gasteiger partial charge is 0.238 e. The van der Waals surface area contributed by atoms with Crippen LogP contribution in [0.25, 0.3) is 22.2 Å². The Morgan fingerprint density at radius 2 is 2.08 bits per heavy atom. The molecule has 1 aliphatic heterocycles. The first-order valence-electron chi connectivity index (χ1n) is 13.2. The third-order valence-corrected chi connectivity index (χ3v) is 7.14. The summed E-state index contributed by atoms with van der Waals surface area (Å²) in [6, 6.07) is 9.66. The van der Waals surface area contributed by atoms with Crippen molar-refractivity contribution in [3.8, 4) is 17.1 Å². The predicted molar refractivity (Wildman–Crippen MR) is 153 cm³/mol. The van der Waals surface area contributed by atoms with Gasteiger partial charge in [0.2, 0.25) is 17.7 Å². The second-order valence-corrected chi connectivity index (χ2v) is 10.2. The molecule has 4 aromatic heterocycles. The summed E-state index contributed by atoms with van der Waals surface area (Å²) in [5, 5.41) is 16.0. The Morgan fingerprint density at radius 3 is 2.85 bits per heavy atom. The van der Waals surface area contributed by atoms with E-state index in [0.29, 0.717) is 30.7 Å². The number of ether oxygens (including phenoxy) is 1. The highest BCUT2D eigenvalue weighted by Gasteiger charge is 2.26. The number of hydrogen-bond acceptors (Lipinski definition) is 8. The van der Waals surface area contributed by atoms with E-state index >= 15 is 0 Å².